The van der Waals surface area contributed by atoms with Gasteiger partial charge in [0, 0.05) is 11.8 Å². The van der Waals surface area contributed by atoms with Gasteiger partial charge in [-0.15, -0.1) is 0 Å². The highest BCUT2D eigenvalue weighted by molar-refractivity contribution is 5.99. The molecule has 0 spiro atoms. The van der Waals surface area contributed by atoms with Crippen LogP contribution in [0.5, 0.6) is 5.75 Å². The second-order valence-corrected chi connectivity index (χ2v) is 4.82. The third-order valence-corrected chi connectivity index (χ3v) is 3.60. The number of rotatable bonds is 4. The maximum absolute atomic E-state index is 12.2. The molecule has 1 aliphatic carbocycles. The van der Waals surface area contributed by atoms with Gasteiger partial charge in [-0.1, -0.05) is 19.3 Å². The lowest BCUT2D eigenvalue weighted by Gasteiger charge is -2.25. The van der Waals surface area contributed by atoms with Gasteiger partial charge in [-0.2, -0.15) is 0 Å². The minimum atomic E-state index is -0.904. The summed E-state index contributed by atoms with van der Waals surface area (Å²) in [6.45, 7) is 0. The lowest BCUT2D eigenvalue weighted by molar-refractivity contribution is 0.0534. The molecule has 1 aliphatic rings. The molecule has 18 heavy (non-hydrogen) atoms. The number of ketones is 1. The van der Waals surface area contributed by atoms with Crippen molar-refractivity contribution in [2.75, 3.05) is 7.11 Å². The molecule has 4 nitrogen and oxygen atoms in total. The van der Waals surface area contributed by atoms with Crippen molar-refractivity contribution in [1.82, 2.24) is 4.98 Å². The Balaban J connectivity index is 2.09. The Labute approximate surface area is 107 Å². The lowest BCUT2D eigenvalue weighted by Crippen LogP contribution is -2.31. The zero-order valence-corrected chi connectivity index (χ0v) is 10.6. The third-order valence-electron chi connectivity index (χ3n) is 3.60. The van der Waals surface area contributed by atoms with Crippen LogP contribution in [0.15, 0.2) is 18.5 Å². The molecule has 0 aromatic carbocycles. The Kier molecular flexibility index (Phi) is 4.31. The molecule has 0 saturated heterocycles. The summed E-state index contributed by atoms with van der Waals surface area (Å²) in [5.74, 6) is 0.391. The van der Waals surface area contributed by atoms with Gasteiger partial charge < -0.3 is 9.84 Å². The molecule has 0 radical (unpaired) electrons. The maximum atomic E-state index is 12.2. The number of Topliss-reactive ketones (excluding diaryl/α,β-unsaturated/α-hetero) is 1. The molecule has 98 valence electrons. The van der Waals surface area contributed by atoms with E-state index in [0.29, 0.717) is 11.3 Å². The monoisotopic (exact) mass is 249 g/mol. The minimum Gasteiger partial charge on any atom is -0.495 e. The number of aromatic nitrogens is 1. The van der Waals surface area contributed by atoms with Gasteiger partial charge in [0.15, 0.2) is 5.78 Å². The van der Waals surface area contributed by atoms with E-state index in [2.05, 4.69) is 4.98 Å². The predicted molar refractivity (Wildman–Crippen MR) is 67.7 cm³/mol. The van der Waals surface area contributed by atoms with Crippen molar-refractivity contribution in [3.8, 4) is 5.75 Å². The van der Waals surface area contributed by atoms with E-state index in [0.717, 1.165) is 25.7 Å². The first-order chi connectivity index (χ1) is 8.72. The summed E-state index contributed by atoms with van der Waals surface area (Å²) in [6, 6.07) is 1.63. The summed E-state index contributed by atoms with van der Waals surface area (Å²) in [7, 11) is 1.53. The number of ether oxygens (including phenoxy) is 1. The van der Waals surface area contributed by atoms with E-state index in [1.54, 1.807) is 12.3 Å². The predicted octanol–water partition coefficient (Wildman–Crippen LogP) is 2.21. The number of nitrogens with zero attached hydrogens (tertiary/aromatic N) is 1. The van der Waals surface area contributed by atoms with Gasteiger partial charge in [-0.3, -0.25) is 9.78 Å². The molecule has 1 unspecified atom stereocenters. The SMILES string of the molecule is COc1cncc(C(=O)C(O)C2CCCCC2)c1. The summed E-state index contributed by atoms with van der Waals surface area (Å²) >= 11 is 0. The number of pyridine rings is 1. The van der Waals surface area contributed by atoms with Crippen molar-refractivity contribution in [3.63, 3.8) is 0 Å². The number of carbonyl (C=O) groups is 1. The number of aliphatic hydroxyl groups excluding tert-OH is 1. The van der Waals surface area contributed by atoms with Crippen LogP contribution in [0.4, 0.5) is 0 Å². The van der Waals surface area contributed by atoms with Gasteiger partial charge in [0.25, 0.3) is 0 Å². The van der Waals surface area contributed by atoms with Crippen LogP contribution in [0.3, 0.4) is 0 Å². The second kappa shape index (κ2) is 5.96. The van der Waals surface area contributed by atoms with Crippen molar-refractivity contribution in [1.29, 1.82) is 0 Å². The van der Waals surface area contributed by atoms with Crippen molar-refractivity contribution in [3.05, 3.63) is 24.0 Å². The Morgan fingerprint density at radius 1 is 1.39 bits per heavy atom. The van der Waals surface area contributed by atoms with Crippen LogP contribution in [0, 0.1) is 5.92 Å². The van der Waals surface area contributed by atoms with Gasteiger partial charge in [-0.25, -0.2) is 0 Å². The van der Waals surface area contributed by atoms with Gasteiger partial charge in [0.1, 0.15) is 11.9 Å². The van der Waals surface area contributed by atoms with E-state index in [9.17, 15) is 9.90 Å². The average Bonchev–Trinajstić information content (AvgIpc) is 2.46. The smallest absolute Gasteiger partial charge is 0.193 e. The van der Waals surface area contributed by atoms with Gasteiger partial charge >= 0.3 is 0 Å². The number of carbonyl (C=O) groups excluding carboxylic acids is 1. The normalized spacial score (nSPS) is 18.3. The third kappa shape index (κ3) is 2.88. The molecule has 0 bridgehead atoms. The largest absolute Gasteiger partial charge is 0.495 e. The Morgan fingerprint density at radius 3 is 2.78 bits per heavy atom. The molecule has 0 aliphatic heterocycles. The molecule has 1 atom stereocenters. The highest BCUT2D eigenvalue weighted by atomic mass is 16.5. The molecule has 2 rings (SSSR count). The van der Waals surface area contributed by atoms with Gasteiger partial charge in [-0.05, 0) is 24.8 Å². The minimum absolute atomic E-state index is 0.0949. The molecule has 1 fully saturated rings. The second-order valence-electron chi connectivity index (χ2n) is 4.82. The van der Waals surface area contributed by atoms with Crippen molar-refractivity contribution < 1.29 is 14.6 Å². The van der Waals surface area contributed by atoms with Crippen molar-refractivity contribution in [2.45, 2.75) is 38.2 Å². The number of hydrogen-bond donors (Lipinski definition) is 1. The van der Waals surface area contributed by atoms with E-state index in [1.165, 1.54) is 19.7 Å². The van der Waals surface area contributed by atoms with Crippen LogP contribution >= 0.6 is 0 Å². The average molecular weight is 249 g/mol. The number of methoxy groups -OCH3 is 1. The fourth-order valence-electron chi connectivity index (χ4n) is 2.50. The summed E-state index contributed by atoms with van der Waals surface area (Å²) in [5, 5.41) is 10.1. The lowest BCUT2D eigenvalue weighted by atomic mass is 9.83. The quantitative estimate of drug-likeness (QED) is 0.831. The van der Waals surface area contributed by atoms with E-state index in [-0.39, 0.29) is 11.7 Å². The van der Waals surface area contributed by atoms with E-state index in [4.69, 9.17) is 4.74 Å². The summed E-state index contributed by atoms with van der Waals surface area (Å²) in [4.78, 5) is 16.1. The molecule has 4 heteroatoms. The Morgan fingerprint density at radius 2 is 2.11 bits per heavy atom. The zero-order valence-electron chi connectivity index (χ0n) is 10.6. The van der Waals surface area contributed by atoms with Crippen LogP contribution in [-0.2, 0) is 0 Å². The van der Waals surface area contributed by atoms with Gasteiger partial charge in [0.2, 0.25) is 0 Å². The van der Waals surface area contributed by atoms with Crippen molar-refractivity contribution in [2.24, 2.45) is 5.92 Å². The maximum Gasteiger partial charge on any atom is 0.193 e. The van der Waals surface area contributed by atoms with Crippen LogP contribution in [0.1, 0.15) is 42.5 Å². The van der Waals surface area contributed by atoms with E-state index >= 15 is 0 Å². The van der Waals surface area contributed by atoms with Gasteiger partial charge in [0.05, 0.1) is 13.3 Å². The molecule has 1 aromatic heterocycles. The Bertz CT molecular complexity index is 413. The summed E-state index contributed by atoms with van der Waals surface area (Å²) in [6.07, 6.45) is 7.41. The molecule has 1 saturated carbocycles. The number of aliphatic hydroxyl groups is 1. The topological polar surface area (TPSA) is 59.4 Å². The van der Waals surface area contributed by atoms with Crippen LogP contribution in [-0.4, -0.2) is 29.1 Å². The molecular formula is C14H19NO3. The first-order valence-corrected chi connectivity index (χ1v) is 6.43. The number of hydrogen-bond acceptors (Lipinski definition) is 4. The van der Waals surface area contributed by atoms with Crippen LogP contribution < -0.4 is 4.74 Å². The van der Waals surface area contributed by atoms with E-state index < -0.39 is 6.10 Å². The Hall–Kier alpha value is -1.42. The van der Waals surface area contributed by atoms with Crippen LogP contribution in [0.25, 0.3) is 0 Å². The first-order valence-electron chi connectivity index (χ1n) is 6.43. The molecule has 1 N–H and O–H groups in total. The van der Waals surface area contributed by atoms with Crippen molar-refractivity contribution >= 4 is 5.78 Å². The van der Waals surface area contributed by atoms with Crippen LogP contribution in [0.2, 0.25) is 0 Å². The molecule has 1 aromatic rings. The molecule has 1 heterocycles. The highest BCUT2D eigenvalue weighted by Crippen LogP contribution is 2.28. The highest BCUT2D eigenvalue weighted by Gasteiger charge is 2.28. The summed E-state index contributed by atoms with van der Waals surface area (Å²) in [5.41, 5.74) is 0.424. The fourth-order valence-corrected chi connectivity index (χ4v) is 2.50. The molecule has 0 amide bonds. The fraction of sp³-hybridized carbons (Fsp3) is 0.571. The standard InChI is InChI=1S/C14H19NO3/c1-18-12-7-11(8-15-9-12)14(17)13(16)10-5-3-2-4-6-10/h7-10,13,16H,2-6H2,1H3. The molecular weight excluding hydrogens is 230 g/mol. The zero-order chi connectivity index (χ0) is 13.0. The van der Waals surface area contributed by atoms with E-state index in [1.807, 2.05) is 0 Å². The summed E-state index contributed by atoms with van der Waals surface area (Å²) < 4.78 is 5.03. The first kappa shape index (κ1) is 13.0.